The molecule has 37 heavy (non-hydrogen) atoms. The molecule has 0 atom stereocenters. The van der Waals surface area contributed by atoms with E-state index in [4.69, 9.17) is 28.2 Å². The van der Waals surface area contributed by atoms with E-state index in [1.165, 1.54) is 21.1 Å². The van der Waals surface area contributed by atoms with Gasteiger partial charge in [0.2, 0.25) is 20.0 Å². The van der Waals surface area contributed by atoms with Gasteiger partial charge in [-0.3, -0.25) is 0 Å². The van der Waals surface area contributed by atoms with Crippen molar-refractivity contribution in [1.82, 2.24) is 28.9 Å². The van der Waals surface area contributed by atoms with Gasteiger partial charge >= 0.3 is 14.1 Å². The predicted octanol–water partition coefficient (Wildman–Crippen LogP) is -4.41. The van der Waals surface area contributed by atoms with Gasteiger partial charge in [-0.25, -0.2) is 16.8 Å². The van der Waals surface area contributed by atoms with Gasteiger partial charge in [-0.1, -0.05) is 7.43 Å². The van der Waals surface area contributed by atoms with Gasteiger partial charge in [-0.05, 0) is 13.6 Å². The van der Waals surface area contributed by atoms with Crippen LogP contribution in [0, 0.1) is 0 Å². The highest BCUT2D eigenvalue weighted by molar-refractivity contribution is 7.88. The number of nitrogens with one attached hydrogen (secondary N) is 2. The minimum atomic E-state index is -3.05. The van der Waals surface area contributed by atoms with Crippen molar-refractivity contribution < 1.29 is 39.3 Å². The van der Waals surface area contributed by atoms with Crippen molar-refractivity contribution >= 4 is 57.3 Å². The molecule has 0 unspecified atom stereocenters. The SMILES string of the molecule is C.CB(O)N1CCN(S(C)(=O)=O)CC1.CB(O)N1CCNCC1.CS(=O)(=O)N1CCNCC1.ClCCl.[Cl-]. The highest BCUT2D eigenvalue weighted by Gasteiger charge is 2.26. The van der Waals surface area contributed by atoms with Gasteiger partial charge in [-0.2, -0.15) is 8.61 Å². The molecule has 0 aromatic rings. The Morgan fingerprint density at radius 3 is 1.19 bits per heavy atom. The molecule has 0 radical (unpaired) electrons. The second-order valence-corrected chi connectivity index (χ2v) is 13.0. The minimum Gasteiger partial charge on any atom is -1.00 e. The molecule has 0 aliphatic carbocycles. The lowest BCUT2D eigenvalue weighted by atomic mass is 9.84. The summed E-state index contributed by atoms with van der Waals surface area (Å²) in [6.45, 7) is 12.4. The molecular weight excluding hydrogens is 588 g/mol. The second-order valence-electron chi connectivity index (χ2n) is 8.26. The molecule has 3 rings (SSSR count). The molecule has 224 valence electrons. The first-order valence-electron chi connectivity index (χ1n) is 11.5. The molecule has 0 saturated carbocycles. The Morgan fingerprint density at radius 1 is 0.676 bits per heavy atom. The topological polar surface area (TPSA) is 146 Å². The molecule has 3 saturated heterocycles. The van der Waals surface area contributed by atoms with Crippen LogP contribution in [0.25, 0.3) is 0 Å². The lowest BCUT2D eigenvalue weighted by molar-refractivity contribution is -0.0000154. The Bertz CT molecular complexity index is 755. The van der Waals surface area contributed by atoms with Crippen molar-refractivity contribution in [2.45, 2.75) is 21.1 Å². The molecule has 3 aliphatic heterocycles. The van der Waals surface area contributed by atoms with Crippen molar-refractivity contribution in [1.29, 1.82) is 0 Å². The Balaban J connectivity index is -0.000000439. The molecule has 19 heteroatoms. The molecule has 0 aromatic carbocycles. The summed E-state index contributed by atoms with van der Waals surface area (Å²) >= 11 is 9.53. The fourth-order valence-electron chi connectivity index (χ4n) is 3.44. The zero-order chi connectivity index (χ0) is 27.1. The van der Waals surface area contributed by atoms with E-state index in [2.05, 4.69) is 15.4 Å². The van der Waals surface area contributed by atoms with Gasteiger partial charge in [0.25, 0.3) is 0 Å². The van der Waals surface area contributed by atoms with E-state index in [9.17, 15) is 21.9 Å². The lowest BCUT2D eigenvalue weighted by Crippen LogP contribution is -3.00. The lowest BCUT2D eigenvalue weighted by Gasteiger charge is -2.33. The zero-order valence-electron chi connectivity index (χ0n) is 21.6. The molecule has 0 aromatic heterocycles. The summed E-state index contributed by atoms with van der Waals surface area (Å²) in [5.74, 6) is 0. The zero-order valence-corrected chi connectivity index (χ0v) is 25.5. The molecule has 3 heterocycles. The Morgan fingerprint density at radius 2 is 0.946 bits per heavy atom. The van der Waals surface area contributed by atoms with Crippen molar-refractivity contribution in [3.8, 4) is 0 Å². The summed E-state index contributed by atoms with van der Waals surface area (Å²) in [4.78, 5) is 3.90. The van der Waals surface area contributed by atoms with Crippen LogP contribution >= 0.6 is 23.2 Å². The van der Waals surface area contributed by atoms with Crippen molar-refractivity contribution in [2.75, 3.05) is 96.4 Å². The van der Waals surface area contributed by atoms with E-state index < -0.39 is 27.1 Å². The predicted molar refractivity (Wildman–Crippen MR) is 153 cm³/mol. The van der Waals surface area contributed by atoms with E-state index >= 15 is 0 Å². The molecule has 4 N–H and O–H groups in total. The van der Waals surface area contributed by atoms with Gasteiger partial charge in [0.1, 0.15) is 0 Å². The molecule has 0 bridgehead atoms. The van der Waals surface area contributed by atoms with E-state index in [0.717, 1.165) is 39.3 Å². The molecule has 3 aliphatic rings. The first-order valence-corrected chi connectivity index (χ1v) is 16.3. The normalized spacial score (nSPS) is 19.7. The average molecular weight is 635 g/mol. The third kappa shape index (κ3) is 20.2. The number of halogens is 3. The van der Waals surface area contributed by atoms with Crippen LogP contribution < -0.4 is 23.0 Å². The third-order valence-electron chi connectivity index (χ3n) is 5.50. The summed E-state index contributed by atoms with van der Waals surface area (Å²) in [6, 6.07) is 0. The molecule has 0 amide bonds. The van der Waals surface area contributed by atoms with E-state index in [0.29, 0.717) is 39.3 Å². The first kappa shape index (κ1) is 42.1. The smallest absolute Gasteiger partial charge is 0.376 e. The Labute approximate surface area is 242 Å². The third-order valence-corrected chi connectivity index (χ3v) is 8.10. The maximum Gasteiger partial charge on any atom is 0.376 e. The van der Waals surface area contributed by atoms with Crippen LogP contribution in [-0.4, -0.2) is 156 Å². The number of hydrogen-bond donors (Lipinski definition) is 4. The molecule has 0 spiro atoms. The molecule has 12 nitrogen and oxygen atoms in total. The first-order chi connectivity index (χ1) is 16.2. The van der Waals surface area contributed by atoms with Crippen LogP contribution in [0.3, 0.4) is 0 Å². The minimum absolute atomic E-state index is 0. The fraction of sp³-hybridized carbons (Fsp3) is 1.00. The second kappa shape index (κ2) is 22.3. The van der Waals surface area contributed by atoms with E-state index in [1.54, 1.807) is 6.82 Å². The Hall–Kier alpha value is 0.580. The van der Waals surface area contributed by atoms with Gasteiger partial charge in [-0.15, -0.1) is 23.2 Å². The number of piperazine rings is 3. The number of rotatable bonds is 4. The van der Waals surface area contributed by atoms with Crippen LogP contribution in [0.5, 0.6) is 0 Å². The monoisotopic (exact) mass is 633 g/mol. The van der Waals surface area contributed by atoms with Crippen LogP contribution in [-0.2, 0) is 20.0 Å². The summed E-state index contributed by atoms with van der Waals surface area (Å²) < 4.78 is 46.9. The maximum atomic E-state index is 11.1. The molecule has 3 fully saturated rings. The maximum absolute atomic E-state index is 11.1. The summed E-state index contributed by atoms with van der Waals surface area (Å²) in [5.41, 5.74) is 0. The van der Waals surface area contributed by atoms with E-state index in [1.807, 2.05) is 11.6 Å². The quantitative estimate of drug-likeness (QED) is 0.177. The van der Waals surface area contributed by atoms with Crippen molar-refractivity contribution in [3.63, 3.8) is 0 Å². The van der Waals surface area contributed by atoms with Crippen LogP contribution in [0.4, 0.5) is 0 Å². The van der Waals surface area contributed by atoms with Crippen molar-refractivity contribution in [3.05, 3.63) is 0 Å². The number of hydrogen-bond acceptors (Lipinski definition) is 10. The van der Waals surface area contributed by atoms with Gasteiger partial charge < -0.3 is 42.7 Å². The summed E-state index contributed by atoms with van der Waals surface area (Å²) in [5, 5.41) is 24.8. The van der Waals surface area contributed by atoms with Crippen molar-refractivity contribution in [2.24, 2.45) is 0 Å². The molecular formula is C18H46B2Cl3N6O6S2-. The number of nitrogens with zero attached hydrogens (tertiary/aromatic N) is 4. The fourth-order valence-corrected chi connectivity index (χ4v) is 5.11. The van der Waals surface area contributed by atoms with Crippen LogP contribution in [0.15, 0.2) is 0 Å². The van der Waals surface area contributed by atoms with Gasteiger partial charge in [0.15, 0.2) is 0 Å². The van der Waals surface area contributed by atoms with Gasteiger partial charge in [0, 0.05) is 78.5 Å². The Kier molecular flexibility index (Phi) is 25.3. The number of sulfonamides is 2. The average Bonchev–Trinajstić information content (AvgIpc) is 2.80. The highest BCUT2D eigenvalue weighted by atomic mass is 35.5. The highest BCUT2D eigenvalue weighted by Crippen LogP contribution is 2.06. The standard InChI is InChI=1S/C6H15BN2O3S.C5H13BN2O.C5H12N2O2S.CH2Cl2.CH4.ClH/c1-7(10)8-3-5-9(6-4-8)13(2,11)12;1-6(9)8-4-2-7-3-5-8;1-10(8,9)7-4-2-6-3-5-7;2-1-3;;/h10H,3-6H2,1-2H3;7,9H,2-5H2,1H3;6H,2-5H2,1H3;1H2;1H4;1H/p-1. The van der Waals surface area contributed by atoms with Gasteiger partial charge in [0.05, 0.1) is 17.9 Å². The van der Waals surface area contributed by atoms with Crippen LogP contribution in [0.1, 0.15) is 7.43 Å². The number of alkyl halides is 2. The largest absolute Gasteiger partial charge is 1.00 e. The van der Waals surface area contributed by atoms with E-state index in [-0.39, 0.29) is 32.2 Å². The summed E-state index contributed by atoms with van der Waals surface area (Å²) in [6.07, 6.45) is 2.46. The van der Waals surface area contributed by atoms with Crippen LogP contribution in [0.2, 0.25) is 13.6 Å². The summed E-state index contributed by atoms with van der Waals surface area (Å²) in [7, 11) is -6.74.